The number of benzene rings is 2. The van der Waals surface area contributed by atoms with E-state index in [4.69, 9.17) is 9.47 Å². The van der Waals surface area contributed by atoms with Gasteiger partial charge in [0.2, 0.25) is 0 Å². The summed E-state index contributed by atoms with van der Waals surface area (Å²) in [5.74, 6) is -0.435. The Morgan fingerprint density at radius 3 is 2.42 bits per heavy atom. The van der Waals surface area contributed by atoms with Crippen molar-refractivity contribution in [2.45, 2.75) is 13.5 Å². The molecular formula is C19H21N3O4. The molecular weight excluding hydrogens is 334 g/mol. The number of ether oxygens (including phenoxy) is 2. The highest BCUT2D eigenvalue weighted by atomic mass is 16.5. The van der Waals surface area contributed by atoms with Crippen molar-refractivity contribution in [1.29, 1.82) is 0 Å². The van der Waals surface area contributed by atoms with Gasteiger partial charge in [0.05, 0.1) is 20.4 Å². The van der Waals surface area contributed by atoms with Crippen LogP contribution >= 0.6 is 0 Å². The maximum absolute atomic E-state index is 11.8. The van der Waals surface area contributed by atoms with E-state index < -0.39 is 11.8 Å². The van der Waals surface area contributed by atoms with Crippen molar-refractivity contribution >= 4 is 18.0 Å². The minimum absolute atomic E-state index is 0.266. The third-order valence-corrected chi connectivity index (χ3v) is 3.59. The van der Waals surface area contributed by atoms with E-state index in [1.165, 1.54) is 13.3 Å². The molecule has 0 aliphatic heterocycles. The van der Waals surface area contributed by atoms with Gasteiger partial charge >= 0.3 is 11.8 Å². The van der Waals surface area contributed by atoms with Gasteiger partial charge in [-0.3, -0.25) is 9.59 Å². The van der Waals surface area contributed by atoms with Gasteiger partial charge in [0, 0.05) is 18.2 Å². The lowest BCUT2D eigenvalue weighted by molar-refractivity contribution is -0.139. The molecule has 0 aliphatic rings. The zero-order valence-electron chi connectivity index (χ0n) is 14.9. The lowest BCUT2D eigenvalue weighted by Crippen LogP contribution is -2.37. The van der Waals surface area contributed by atoms with Gasteiger partial charge in [-0.15, -0.1) is 0 Å². The Morgan fingerprint density at radius 2 is 1.77 bits per heavy atom. The molecule has 0 radical (unpaired) electrons. The van der Waals surface area contributed by atoms with E-state index in [2.05, 4.69) is 15.8 Å². The molecule has 0 aliphatic carbocycles. The van der Waals surface area contributed by atoms with Gasteiger partial charge < -0.3 is 14.8 Å². The summed E-state index contributed by atoms with van der Waals surface area (Å²) in [6.45, 7) is 2.24. The molecule has 2 rings (SSSR count). The van der Waals surface area contributed by atoms with Crippen LogP contribution < -0.4 is 20.2 Å². The molecule has 0 unspecified atom stereocenters. The first-order valence-corrected chi connectivity index (χ1v) is 7.92. The van der Waals surface area contributed by atoms with Crippen LogP contribution in [0.3, 0.4) is 0 Å². The zero-order valence-corrected chi connectivity index (χ0v) is 14.9. The summed E-state index contributed by atoms with van der Waals surface area (Å²) in [7, 11) is 3.07. The molecule has 0 saturated heterocycles. The molecule has 0 bridgehead atoms. The Hall–Kier alpha value is -3.35. The van der Waals surface area contributed by atoms with E-state index in [1.807, 2.05) is 31.2 Å². The lowest BCUT2D eigenvalue weighted by Gasteiger charge is -2.07. The molecule has 2 aromatic carbocycles. The lowest BCUT2D eigenvalue weighted by atomic mass is 10.1. The average Bonchev–Trinajstić information content (AvgIpc) is 2.67. The fraction of sp³-hybridized carbons (Fsp3) is 0.211. The minimum atomic E-state index is -0.846. The van der Waals surface area contributed by atoms with Crippen LogP contribution in [0.5, 0.6) is 11.5 Å². The maximum Gasteiger partial charge on any atom is 0.329 e. The fourth-order valence-electron chi connectivity index (χ4n) is 2.10. The zero-order chi connectivity index (χ0) is 18.9. The van der Waals surface area contributed by atoms with Crippen LogP contribution in [0.4, 0.5) is 0 Å². The highest BCUT2D eigenvalue weighted by molar-refractivity contribution is 6.35. The number of aryl methyl sites for hydroxylation is 1. The molecule has 0 fully saturated rings. The Morgan fingerprint density at radius 1 is 1.04 bits per heavy atom. The molecule has 2 aromatic rings. The van der Waals surface area contributed by atoms with Crippen LogP contribution in [0.25, 0.3) is 0 Å². The first-order valence-electron chi connectivity index (χ1n) is 7.92. The van der Waals surface area contributed by atoms with Gasteiger partial charge in [-0.05, 0) is 24.6 Å². The quantitative estimate of drug-likeness (QED) is 0.470. The molecule has 2 N–H and O–H groups in total. The van der Waals surface area contributed by atoms with Crippen LogP contribution in [0, 0.1) is 6.92 Å². The molecule has 7 nitrogen and oxygen atoms in total. The Balaban J connectivity index is 1.88. The second-order valence-corrected chi connectivity index (χ2v) is 5.48. The van der Waals surface area contributed by atoms with Crippen molar-refractivity contribution < 1.29 is 19.1 Å². The second kappa shape index (κ2) is 9.22. The predicted octanol–water partition coefficient (Wildman–Crippen LogP) is 1.78. The summed E-state index contributed by atoms with van der Waals surface area (Å²) in [6.07, 6.45) is 1.39. The molecule has 7 heteroatoms. The number of nitrogens with zero attached hydrogens (tertiary/aromatic N) is 1. The molecule has 2 amide bonds. The van der Waals surface area contributed by atoms with Crippen LogP contribution in [-0.4, -0.2) is 32.2 Å². The van der Waals surface area contributed by atoms with Crippen LogP contribution in [0.15, 0.2) is 47.6 Å². The predicted molar refractivity (Wildman–Crippen MR) is 98.3 cm³/mol. The largest absolute Gasteiger partial charge is 0.497 e. The van der Waals surface area contributed by atoms with E-state index in [-0.39, 0.29) is 6.54 Å². The summed E-state index contributed by atoms with van der Waals surface area (Å²) < 4.78 is 10.3. The molecule has 0 saturated carbocycles. The number of rotatable bonds is 6. The Labute approximate surface area is 152 Å². The third-order valence-electron chi connectivity index (χ3n) is 3.59. The molecule has 0 atom stereocenters. The smallest absolute Gasteiger partial charge is 0.329 e. The Kier molecular flexibility index (Phi) is 6.73. The second-order valence-electron chi connectivity index (χ2n) is 5.48. The minimum Gasteiger partial charge on any atom is -0.497 e. The van der Waals surface area contributed by atoms with Crippen LogP contribution in [-0.2, 0) is 16.1 Å². The highest BCUT2D eigenvalue weighted by Gasteiger charge is 2.12. The number of nitrogens with one attached hydrogen (secondary N) is 2. The van der Waals surface area contributed by atoms with Gasteiger partial charge in [0.15, 0.2) is 0 Å². The van der Waals surface area contributed by atoms with Crippen LogP contribution in [0.1, 0.15) is 16.7 Å². The average molecular weight is 355 g/mol. The van der Waals surface area contributed by atoms with Gasteiger partial charge in [-0.1, -0.05) is 29.8 Å². The van der Waals surface area contributed by atoms with Crippen molar-refractivity contribution in [3.8, 4) is 11.5 Å². The number of hydrazone groups is 1. The highest BCUT2D eigenvalue weighted by Crippen LogP contribution is 2.22. The summed E-state index contributed by atoms with van der Waals surface area (Å²) in [6, 6.07) is 12.8. The normalized spacial score (nSPS) is 10.4. The van der Waals surface area contributed by atoms with E-state index in [0.29, 0.717) is 17.1 Å². The van der Waals surface area contributed by atoms with E-state index in [9.17, 15) is 9.59 Å². The first-order chi connectivity index (χ1) is 12.5. The molecule has 0 aromatic heterocycles. The molecule has 0 spiro atoms. The summed E-state index contributed by atoms with van der Waals surface area (Å²) in [5, 5.41) is 6.33. The van der Waals surface area contributed by atoms with E-state index >= 15 is 0 Å². The monoisotopic (exact) mass is 355 g/mol. The number of hydrogen-bond donors (Lipinski definition) is 2. The number of carbonyl (C=O) groups excluding carboxylic acids is 2. The molecule has 136 valence electrons. The van der Waals surface area contributed by atoms with Crippen molar-refractivity contribution in [3.63, 3.8) is 0 Å². The number of amides is 2. The SMILES string of the molecule is COc1ccc(/C=N/NC(=O)C(=O)NCc2ccc(C)cc2)c(OC)c1. The fourth-order valence-corrected chi connectivity index (χ4v) is 2.10. The summed E-state index contributed by atoms with van der Waals surface area (Å²) >= 11 is 0. The van der Waals surface area contributed by atoms with Crippen molar-refractivity contribution in [3.05, 3.63) is 59.2 Å². The summed E-state index contributed by atoms with van der Waals surface area (Å²) in [5.41, 5.74) is 4.85. The number of methoxy groups -OCH3 is 2. The topological polar surface area (TPSA) is 89.0 Å². The van der Waals surface area contributed by atoms with E-state index in [1.54, 1.807) is 25.3 Å². The van der Waals surface area contributed by atoms with Gasteiger partial charge in [-0.2, -0.15) is 5.10 Å². The summed E-state index contributed by atoms with van der Waals surface area (Å²) in [4.78, 5) is 23.6. The standard InChI is InChI=1S/C19H21N3O4/c1-13-4-6-14(7-5-13)11-20-18(23)19(24)22-21-12-15-8-9-16(25-2)10-17(15)26-3/h4-10,12H,11H2,1-3H3,(H,20,23)(H,22,24)/b21-12+. The van der Waals surface area contributed by atoms with Gasteiger partial charge in [-0.25, -0.2) is 5.43 Å². The molecule has 0 heterocycles. The Bertz CT molecular complexity index is 801. The van der Waals surface area contributed by atoms with Crippen molar-refractivity contribution in [2.24, 2.45) is 5.10 Å². The van der Waals surface area contributed by atoms with E-state index in [0.717, 1.165) is 11.1 Å². The van der Waals surface area contributed by atoms with Gasteiger partial charge in [0.1, 0.15) is 11.5 Å². The number of carbonyl (C=O) groups is 2. The first kappa shape index (κ1) is 19.0. The maximum atomic E-state index is 11.8. The molecule has 26 heavy (non-hydrogen) atoms. The third kappa shape index (κ3) is 5.34. The van der Waals surface area contributed by atoms with Crippen LogP contribution in [0.2, 0.25) is 0 Å². The number of hydrogen-bond acceptors (Lipinski definition) is 5. The van der Waals surface area contributed by atoms with Gasteiger partial charge in [0.25, 0.3) is 0 Å². The van der Waals surface area contributed by atoms with Crippen molar-refractivity contribution in [1.82, 2.24) is 10.7 Å². The van der Waals surface area contributed by atoms with Crippen molar-refractivity contribution in [2.75, 3.05) is 14.2 Å².